The van der Waals surface area contributed by atoms with Gasteiger partial charge in [0.25, 0.3) is 11.8 Å². The molecule has 1 aliphatic rings. The van der Waals surface area contributed by atoms with Crippen molar-refractivity contribution < 1.29 is 23.6 Å². The monoisotopic (exact) mass is 268 g/mol. The normalized spacial score (nSPS) is 14.9. The fraction of sp³-hybridized carbons (Fsp3) is 0.273. The summed E-state index contributed by atoms with van der Waals surface area (Å²) in [6.07, 6.45) is 0.326. The van der Waals surface area contributed by atoms with E-state index in [0.717, 1.165) is 4.90 Å². The summed E-state index contributed by atoms with van der Waals surface area (Å²) < 4.78 is 14.7. The van der Waals surface area contributed by atoms with Gasteiger partial charge >= 0.3 is 8.25 Å². The van der Waals surface area contributed by atoms with Gasteiger partial charge in [0.05, 0.1) is 11.1 Å². The van der Waals surface area contributed by atoms with Crippen LogP contribution in [0.2, 0.25) is 0 Å². The van der Waals surface area contributed by atoms with E-state index in [4.69, 9.17) is 4.89 Å². The van der Waals surface area contributed by atoms with Crippen LogP contribution >= 0.6 is 8.25 Å². The third-order valence-corrected chi connectivity index (χ3v) is 3.01. The Kier molecular flexibility index (Phi) is 3.81. The van der Waals surface area contributed by atoms with E-state index in [9.17, 15) is 14.2 Å². The second kappa shape index (κ2) is 5.35. The molecule has 6 nitrogen and oxygen atoms in total. The Morgan fingerprint density at radius 2 is 1.72 bits per heavy atom. The van der Waals surface area contributed by atoms with Gasteiger partial charge in [-0.1, -0.05) is 12.1 Å². The van der Waals surface area contributed by atoms with Crippen molar-refractivity contribution in [2.75, 3.05) is 13.2 Å². The highest BCUT2D eigenvalue weighted by Gasteiger charge is 2.34. The lowest BCUT2D eigenvalue weighted by molar-refractivity contribution is 0.0647. The summed E-state index contributed by atoms with van der Waals surface area (Å²) in [7, 11) is -2.63. The highest BCUT2D eigenvalue weighted by atomic mass is 31.1. The predicted molar refractivity (Wildman–Crippen MR) is 62.2 cm³/mol. The first-order chi connectivity index (χ1) is 8.61. The first-order valence-electron chi connectivity index (χ1n) is 5.35. The molecule has 0 fully saturated rings. The van der Waals surface area contributed by atoms with Crippen molar-refractivity contribution in [1.29, 1.82) is 0 Å². The molecule has 1 atom stereocenters. The quantitative estimate of drug-likeness (QED) is 0.495. The van der Waals surface area contributed by atoms with Gasteiger partial charge in [-0.05, 0) is 18.6 Å². The van der Waals surface area contributed by atoms with Crippen molar-refractivity contribution >= 4 is 20.1 Å². The summed E-state index contributed by atoms with van der Waals surface area (Å²) in [4.78, 5) is 33.3. The zero-order valence-corrected chi connectivity index (χ0v) is 10.3. The van der Waals surface area contributed by atoms with E-state index in [1.54, 1.807) is 24.3 Å². The highest BCUT2D eigenvalue weighted by Crippen LogP contribution is 2.22. The molecule has 1 heterocycles. The molecule has 0 radical (unpaired) electrons. The first kappa shape index (κ1) is 12.8. The molecule has 0 saturated heterocycles. The molecule has 0 aliphatic carbocycles. The number of rotatable bonds is 5. The lowest BCUT2D eigenvalue weighted by Crippen LogP contribution is -2.31. The molecule has 0 saturated carbocycles. The van der Waals surface area contributed by atoms with Crippen molar-refractivity contribution in [3.05, 3.63) is 35.4 Å². The van der Waals surface area contributed by atoms with Gasteiger partial charge in [-0.2, -0.15) is 0 Å². The molecule has 1 aromatic rings. The van der Waals surface area contributed by atoms with Crippen LogP contribution in [0.15, 0.2) is 24.3 Å². The summed E-state index contributed by atoms with van der Waals surface area (Å²) in [6, 6.07) is 6.62. The third-order valence-electron chi connectivity index (χ3n) is 2.61. The Bertz CT molecular complexity index is 481. The Labute approximate surface area is 104 Å². The second-order valence-corrected chi connectivity index (χ2v) is 4.47. The average Bonchev–Trinajstić information content (AvgIpc) is 2.59. The van der Waals surface area contributed by atoms with Crippen molar-refractivity contribution in [1.82, 2.24) is 4.90 Å². The molecule has 0 aromatic heterocycles. The molecule has 94 valence electrons. The van der Waals surface area contributed by atoms with Gasteiger partial charge < -0.3 is 0 Å². The maximum atomic E-state index is 11.9. The average molecular weight is 268 g/mol. The van der Waals surface area contributed by atoms with Crippen LogP contribution in [0.1, 0.15) is 27.1 Å². The van der Waals surface area contributed by atoms with Crippen LogP contribution in [0, 0.1) is 0 Å². The molecule has 7 heteroatoms. The van der Waals surface area contributed by atoms with Gasteiger partial charge in [0, 0.05) is 11.1 Å². The smallest absolute Gasteiger partial charge is 0.274 e. The molecule has 2 rings (SSSR count). The maximum Gasteiger partial charge on any atom is 0.694 e. The zero-order valence-electron chi connectivity index (χ0n) is 9.41. The van der Waals surface area contributed by atoms with Crippen LogP contribution in [-0.2, 0) is 9.09 Å². The van der Waals surface area contributed by atoms with E-state index in [0.29, 0.717) is 17.5 Å². The lowest BCUT2D eigenvalue weighted by Gasteiger charge is -2.11. The third kappa shape index (κ3) is 2.46. The number of hydrogen-bond donors (Lipinski definition) is 1. The maximum absolute atomic E-state index is 11.9. The van der Waals surface area contributed by atoms with Crippen LogP contribution in [-0.4, -0.2) is 34.8 Å². The number of carbonyl (C=O) groups is 2. The van der Waals surface area contributed by atoms with E-state index in [2.05, 4.69) is 4.52 Å². The number of nitrogens with zero attached hydrogens (tertiary/aromatic N) is 1. The Morgan fingerprint density at radius 1 is 1.17 bits per heavy atom. The summed E-state index contributed by atoms with van der Waals surface area (Å²) >= 11 is 0. The Hall–Kier alpha value is -1.62. The van der Waals surface area contributed by atoms with Gasteiger partial charge in [-0.3, -0.25) is 14.5 Å². The number of amides is 2. The van der Waals surface area contributed by atoms with Gasteiger partial charge in [0.2, 0.25) is 0 Å². The summed E-state index contributed by atoms with van der Waals surface area (Å²) in [5.41, 5.74) is 0.799. The number of hydrogen-bond acceptors (Lipinski definition) is 4. The molecule has 1 aromatic carbocycles. The minimum absolute atomic E-state index is 0.0269. The predicted octanol–water partition coefficient (Wildman–Crippen LogP) is 1.34. The molecule has 1 aliphatic heterocycles. The highest BCUT2D eigenvalue weighted by molar-refractivity contribution is 7.32. The van der Waals surface area contributed by atoms with Crippen molar-refractivity contribution in [3.63, 3.8) is 0 Å². The van der Waals surface area contributed by atoms with E-state index < -0.39 is 8.25 Å². The SMILES string of the molecule is O=C1c2ccccc2C(=O)N1CCCO[P+](=O)O. The Balaban J connectivity index is 1.99. The molecule has 2 amide bonds. The van der Waals surface area contributed by atoms with Crippen LogP contribution < -0.4 is 0 Å². The van der Waals surface area contributed by atoms with Crippen molar-refractivity contribution in [3.8, 4) is 0 Å². The van der Waals surface area contributed by atoms with Crippen molar-refractivity contribution in [2.24, 2.45) is 0 Å². The van der Waals surface area contributed by atoms with Gasteiger partial charge in [0.15, 0.2) is 0 Å². The second-order valence-electron chi connectivity index (χ2n) is 3.73. The molecule has 0 spiro atoms. The minimum atomic E-state index is -2.63. The largest absolute Gasteiger partial charge is 0.694 e. The fourth-order valence-corrected chi connectivity index (χ4v) is 2.09. The Morgan fingerprint density at radius 3 is 2.22 bits per heavy atom. The molecular formula is C11H11NO5P+. The standard InChI is InChI=1S/C11H10NO5P/c13-10-8-4-1-2-5-9(8)11(14)12(10)6-3-7-17-18(15)16/h1-2,4-5H,3,6-7H2/p+1. The molecule has 0 bridgehead atoms. The number of imide groups is 1. The van der Waals surface area contributed by atoms with E-state index in [1.807, 2.05) is 0 Å². The van der Waals surface area contributed by atoms with Crippen molar-refractivity contribution in [2.45, 2.75) is 6.42 Å². The lowest BCUT2D eigenvalue weighted by atomic mass is 10.1. The van der Waals surface area contributed by atoms with Crippen LogP contribution in [0.4, 0.5) is 0 Å². The van der Waals surface area contributed by atoms with Gasteiger partial charge in [-0.15, -0.1) is 9.42 Å². The number of fused-ring (bicyclic) bond motifs is 1. The van der Waals surface area contributed by atoms with E-state index >= 15 is 0 Å². The van der Waals surface area contributed by atoms with E-state index in [1.165, 1.54) is 0 Å². The fourth-order valence-electron chi connectivity index (χ4n) is 1.81. The number of benzene rings is 1. The topological polar surface area (TPSA) is 83.9 Å². The molecule has 1 N–H and O–H groups in total. The molecule has 18 heavy (non-hydrogen) atoms. The van der Waals surface area contributed by atoms with Crippen LogP contribution in [0.3, 0.4) is 0 Å². The summed E-state index contributed by atoms with van der Waals surface area (Å²) in [6.45, 7) is 0.203. The van der Waals surface area contributed by atoms with Crippen LogP contribution in [0.25, 0.3) is 0 Å². The summed E-state index contributed by atoms with van der Waals surface area (Å²) in [5.74, 6) is -0.659. The minimum Gasteiger partial charge on any atom is -0.274 e. The number of carbonyl (C=O) groups excluding carboxylic acids is 2. The summed E-state index contributed by atoms with van der Waals surface area (Å²) in [5, 5.41) is 0. The molecule has 1 unspecified atom stereocenters. The first-order valence-corrected chi connectivity index (χ1v) is 6.48. The van der Waals surface area contributed by atoms with Gasteiger partial charge in [0.1, 0.15) is 6.61 Å². The van der Waals surface area contributed by atoms with Gasteiger partial charge in [-0.25, -0.2) is 0 Å². The van der Waals surface area contributed by atoms with Crippen LogP contribution in [0.5, 0.6) is 0 Å². The zero-order chi connectivity index (χ0) is 13.1. The molecular weight excluding hydrogens is 257 g/mol. The van der Waals surface area contributed by atoms with E-state index in [-0.39, 0.29) is 25.0 Å².